The van der Waals surface area contributed by atoms with Gasteiger partial charge in [-0.05, 0) is 12.2 Å². The SMILES string of the molecule is CN=C=S.[KH]. The Morgan fingerprint density at radius 2 is 2.00 bits per heavy atom. The molecule has 0 amide bonds. The third kappa shape index (κ3) is 10.8. The van der Waals surface area contributed by atoms with Crippen molar-refractivity contribution in [2.24, 2.45) is 4.99 Å². The molecule has 0 heterocycles. The molecule has 1 nitrogen and oxygen atoms in total. The fourth-order valence-electron chi connectivity index (χ4n) is 0. The van der Waals surface area contributed by atoms with Gasteiger partial charge in [0.1, 0.15) is 0 Å². The molecule has 0 aliphatic carbocycles. The normalized spacial score (nSPS) is 3.40. The van der Waals surface area contributed by atoms with Gasteiger partial charge in [-0.2, -0.15) is 0 Å². The molecule has 24 valence electrons. The average molecular weight is 113 g/mol. The summed E-state index contributed by atoms with van der Waals surface area (Å²) in [7, 11) is 1.59. The van der Waals surface area contributed by atoms with Crippen molar-refractivity contribution in [1.82, 2.24) is 0 Å². The van der Waals surface area contributed by atoms with Gasteiger partial charge in [0.25, 0.3) is 0 Å². The van der Waals surface area contributed by atoms with Gasteiger partial charge in [0.05, 0.1) is 5.16 Å². The van der Waals surface area contributed by atoms with Crippen LogP contribution >= 0.6 is 12.2 Å². The molecule has 0 fully saturated rings. The molecule has 0 saturated carbocycles. The summed E-state index contributed by atoms with van der Waals surface area (Å²) in [5, 5.41) is 2.14. The Labute approximate surface area is 79.3 Å². The van der Waals surface area contributed by atoms with E-state index in [4.69, 9.17) is 0 Å². The van der Waals surface area contributed by atoms with E-state index in [1.807, 2.05) is 0 Å². The zero-order valence-corrected chi connectivity index (χ0v) is 3.17. The Morgan fingerprint density at radius 3 is 2.00 bits per heavy atom. The van der Waals surface area contributed by atoms with E-state index in [0.717, 1.165) is 0 Å². The molecule has 0 aromatic rings. The van der Waals surface area contributed by atoms with Crippen molar-refractivity contribution in [2.45, 2.75) is 0 Å². The van der Waals surface area contributed by atoms with Gasteiger partial charge in [0.2, 0.25) is 0 Å². The molecule has 0 atom stereocenters. The van der Waals surface area contributed by atoms with Crippen molar-refractivity contribution in [3.8, 4) is 0 Å². The van der Waals surface area contributed by atoms with Crippen LogP contribution in [0.15, 0.2) is 4.99 Å². The molecule has 0 radical (unpaired) electrons. The summed E-state index contributed by atoms with van der Waals surface area (Å²) in [5.41, 5.74) is 0. The number of nitrogens with zero attached hydrogens (tertiary/aromatic N) is 1. The van der Waals surface area contributed by atoms with E-state index in [1.165, 1.54) is 0 Å². The van der Waals surface area contributed by atoms with Crippen molar-refractivity contribution < 1.29 is 0 Å². The van der Waals surface area contributed by atoms with Gasteiger partial charge in [-0.15, -0.1) is 0 Å². The van der Waals surface area contributed by atoms with Crippen LogP contribution in [0.4, 0.5) is 0 Å². The van der Waals surface area contributed by atoms with Gasteiger partial charge in [-0.25, -0.2) is 4.99 Å². The monoisotopic (exact) mass is 113 g/mol. The van der Waals surface area contributed by atoms with Crippen molar-refractivity contribution >= 4 is 68.8 Å². The minimum atomic E-state index is 0. The molecule has 0 rings (SSSR count). The summed E-state index contributed by atoms with van der Waals surface area (Å²) >= 11 is 4.14. The Balaban J connectivity index is 0. The van der Waals surface area contributed by atoms with Crippen LogP contribution in [0, 0.1) is 0 Å². The topological polar surface area (TPSA) is 12.4 Å². The number of isothiocyanates is 1. The number of aliphatic imine (C=N–C) groups is 1. The van der Waals surface area contributed by atoms with Crippen LogP contribution in [-0.4, -0.2) is 63.6 Å². The molecule has 0 N–H and O–H groups in total. The molecule has 0 aromatic heterocycles. The first-order valence-electron chi connectivity index (χ1n) is 0.875. The van der Waals surface area contributed by atoms with Crippen molar-refractivity contribution in [1.29, 1.82) is 0 Å². The summed E-state index contributed by atoms with van der Waals surface area (Å²) in [5.74, 6) is 0. The molecule has 0 aromatic carbocycles. The quantitative estimate of drug-likeness (QED) is 0.246. The van der Waals surface area contributed by atoms with Crippen LogP contribution in [0.2, 0.25) is 0 Å². The Kier molecular flexibility index (Phi) is 17.5. The second-order valence-electron chi connectivity index (χ2n) is 0.315. The summed E-state index contributed by atoms with van der Waals surface area (Å²) in [6.45, 7) is 0. The molecular formula is C2H4KNS. The maximum absolute atomic E-state index is 4.14. The summed E-state index contributed by atoms with van der Waals surface area (Å²) < 4.78 is 0. The van der Waals surface area contributed by atoms with Crippen molar-refractivity contribution in [3.63, 3.8) is 0 Å². The van der Waals surface area contributed by atoms with Gasteiger partial charge in [-0.1, -0.05) is 0 Å². The molecule has 5 heavy (non-hydrogen) atoms. The van der Waals surface area contributed by atoms with Crippen molar-refractivity contribution in [3.05, 3.63) is 0 Å². The zero-order valence-electron chi connectivity index (χ0n) is 2.36. The number of hydrogen-bond donors (Lipinski definition) is 0. The number of rotatable bonds is 0. The fraction of sp³-hybridized carbons (Fsp3) is 0.500. The van der Waals surface area contributed by atoms with E-state index in [2.05, 4.69) is 22.4 Å². The minimum absolute atomic E-state index is 0. The first-order chi connectivity index (χ1) is 1.91. The van der Waals surface area contributed by atoms with E-state index >= 15 is 0 Å². The maximum atomic E-state index is 4.14. The predicted molar refractivity (Wildman–Crippen MR) is 28.1 cm³/mol. The van der Waals surface area contributed by atoms with Gasteiger partial charge in [-0.3, -0.25) is 0 Å². The van der Waals surface area contributed by atoms with E-state index in [0.29, 0.717) is 0 Å². The second kappa shape index (κ2) is 9.06. The predicted octanol–water partition coefficient (Wildman–Crippen LogP) is 0.0705. The molecular weight excluding hydrogens is 109 g/mol. The Morgan fingerprint density at radius 1 is 1.80 bits per heavy atom. The molecule has 0 bridgehead atoms. The summed E-state index contributed by atoms with van der Waals surface area (Å²) in [6, 6.07) is 0. The first-order valence-corrected chi connectivity index (χ1v) is 1.28. The van der Waals surface area contributed by atoms with Crippen LogP contribution in [0.3, 0.4) is 0 Å². The van der Waals surface area contributed by atoms with Crippen LogP contribution in [-0.2, 0) is 0 Å². The second-order valence-corrected chi connectivity index (χ2v) is 0.497. The average Bonchev–Trinajstić information content (AvgIpc) is 1.37. The van der Waals surface area contributed by atoms with Crippen LogP contribution < -0.4 is 0 Å². The van der Waals surface area contributed by atoms with Crippen LogP contribution in [0.1, 0.15) is 0 Å². The Hall–Kier alpha value is 1.44. The van der Waals surface area contributed by atoms with E-state index in [-0.39, 0.29) is 51.4 Å². The molecule has 0 spiro atoms. The third-order valence-electron chi connectivity index (χ3n) is 0.0913. The summed E-state index contributed by atoms with van der Waals surface area (Å²) in [4.78, 5) is 3.30. The third-order valence-corrected chi connectivity index (χ3v) is 0.274. The molecule has 0 aliphatic rings. The molecule has 3 heteroatoms. The molecule has 0 aliphatic heterocycles. The first kappa shape index (κ1) is 9.67. The van der Waals surface area contributed by atoms with Crippen LogP contribution in [0.5, 0.6) is 0 Å². The summed E-state index contributed by atoms with van der Waals surface area (Å²) in [6.07, 6.45) is 0. The Bertz CT molecular complexity index is 47.6. The fourth-order valence-corrected chi connectivity index (χ4v) is 0. The molecule has 0 unspecified atom stereocenters. The number of hydrogen-bond acceptors (Lipinski definition) is 2. The van der Waals surface area contributed by atoms with Gasteiger partial charge in [0.15, 0.2) is 0 Å². The zero-order chi connectivity index (χ0) is 3.41. The standard InChI is InChI=1S/C2H3NS.K.H/c1-3-2-4;;/h1H3;;. The van der Waals surface area contributed by atoms with Gasteiger partial charge < -0.3 is 0 Å². The van der Waals surface area contributed by atoms with E-state index < -0.39 is 0 Å². The molecule has 0 saturated heterocycles. The van der Waals surface area contributed by atoms with E-state index in [1.54, 1.807) is 7.05 Å². The van der Waals surface area contributed by atoms with Crippen LogP contribution in [0.25, 0.3) is 0 Å². The number of thiocarbonyl (C=S) groups is 1. The van der Waals surface area contributed by atoms with Crippen molar-refractivity contribution in [2.75, 3.05) is 7.05 Å². The van der Waals surface area contributed by atoms with Gasteiger partial charge in [0, 0.05) is 7.05 Å². The van der Waals surface area contributed by atoms with E-state index in [9.17, 15) is 0 Å². The van der Waals surface area contributed by atoms with Gasteiger partial charge >= 0.3 is 51.4 Å².